The summed E-state index contributed by atoms with van der Waals surface area (Å²) < 4.78 is 0. The Kier molecular flexibility index (Phi) is 3.72. The molecule has 0 saturated heterocycles. The van der Waals surface area contributed by atoms with E-state index in [1.807, 2.05) is 18.2 Å². The van der Waals surface area contributed by atoms with Crippen LogP contribution in [0.25, 0.3) is 0 Å². The third-order valence-corrected chi connectivity index (χ3v) is 3.70. The minimum absolute atomic E-state index is 0.804. The molecule has 2 aromatic carbocycles. The monoisotopic (exact) mass is 272 g/mol. The van der Waals surface area contributed by atoms with Gasteiger partial charge in [-0.3, -0.25) is 0 Å². The molecule has 0 spiro atoms. The molecule has 19 heavy (non-hydrogen) atoms. The van der Waals surface area contributed by atoms with Crippen molar-refractivity contribution < 1.29 is 0 Å². The van der Waals surface area contributed by atoms with Gasteiger partial charge in [-0.15, -0.1) is 0 Å². The Hall–Kier alpha value is -1.51. The molecular formula is C16H17ClN2. The highest BCUT2D eigenvalue weighted by Crippen LogP contribution is 2.24. The second-order valence-corrected chi connectivity index (χ2v) is 5.29. The van der Waals surface area contributed by atoms with E-state index in [4.69, 9.17) is 11.6 Å². The van der Waals surface area contributed by atoms with Gasteiger partial charge >= 0.3 is 0 Å². The minimum atomic E-state index is 0.804. The van der Waals surface area contributed by atoms with Crippen molar-refractivity contribution in [2.24, 2.45) is 0 Å². The molecule has 0 saturated carbocycles. The molecule has 0 aliphatic carbocycles. The first-order valence-corrected chi connectivity index (χ1v) is 6.99. The summed E-state index contributed by atoms with van der Waals surface area (Å²) in [5, 5.41) is 4.27. The summed E-state index contributed by atoms with van der Waals surface area (Å²) in [6, 6.07) is 16.7. The van der Waals surface area contributed by atoms with Crippen LogP contribution >= 0.6 is 11.6 Å². The number of fused-ring (bicyclic) bond motifs is 1. The first-order chi connectivity index (χ1) is 9.33. The van der Waals surface area contributed by atoms with Crippen LogP contribution in [0.3, 0.4) is 0 Å². The number of benzene rings is 2. The van der Waals surface area contributed by atoms with Crippen molar-refractivity contribution in [1.82, 2.24) is 5.32 Å². The van der Waals surface area contributed by atoms with Crippen molar-refractivity contribution in [3.63, 3.8) is 0 Å². The number of anilines is 1. The molecule has 2 nitrogen and oxygen atoms in total. The zero-order valence-electron chi connectivity index (χ0n) is 10.8. The Morgan fingerprint density at radius 1 is 1.11 bits per heavy atom. The molecule has 0 atom stereocenters. The first kappa shape index (κ1) is 12.5. The highest BCUT2D eigenvalue weighted by molar-refractivity contribution is 6.30. The fourth-order valence-electron chi connectivity index (χ4n) is 2.55. The van der Waals surface area contributed by atoms with Gasteiger partial charge < -0.3 is 10.2 Å². The maximum atomic E-state index is 6.06. The Bertz CT molecular complexity index is 568. The molecule has 2 aromatic rings. The molecule has 0 amide bonds. The standard InChI is InChI=1S/C16H17ClN2/c17-15-6-3-4-13(10-15)12-19-9-8-18-11-14-5-1-2-7-16(14)19/h1-7,10,18H,8-9,11-12H2. The predicted molar refractivity (Wildman–Crippen MR) is 80.7 cm³/mol. The fraction of sp³-hybridized carbons (Fsp3) is 0.250. The predicted octanol–water partition coefficient (Wildman–Crippen LogP) is 3.45. The lowest BCUT2D eigenvalue weighted by molar-refractivity contribution is 0.688. The lowest BCUT2D eigenvalue weighted by Gasteiger charge is -2.24. The Morgan fingerprint density at radius 3 is 2.89 bits per heavy atom. The molecule has 1 heterocycles. The summed E-state index contributed by atoms with van der Waals surface area (Å²) in [6.45, 7) is 3.88. The van der Waals surface area contributed by atoms with Crippen molar-refractivity contribution in [2.45, 2.75) is 13.1 Å². The van der Waals surface area contributed by atoms with Crippen LogP contribution in [0.1, 0.15) is 11.1 Å². The summed E-state index contributed by atoms with van der Waals surface area (Å²) >= 11 is 6.06. The molecular weight excluding hydrogens is 256 g/mol. The number of hydrogen-bond acceptors (Lipinski definition) is 2. The van der Waals surface area contributed by atoms with E-state index in [1.54, 1.807) is 0 Å². The lowest BCUT2D eigenvalue weighted by Crippen LogP contribution is -2.28. The normalized spacial score (nSPS) is 14.9. The van der Waals surface area contributed by atoms with Crippen molar-refractivity contribution in [3.8, 4) is 0 Å². The van der Waals surface area contributed by atoms with E-state index in [2.05, 4.69) is 40.5 Å². The topological polar surface area (TPSA) is 15.3 Å². The van der Waals surface area contributed by atoms with E-state index in [0.717, 1.165) is 31.2 Å². The number of nitrogens with zero attached hydrogens (tertiary/aromatic N) is 1. The van der Waals surface area contributed by atoms with E-state index in [1.165, 1.54) is 16.8 Å². The van der Waals surface area contributed by atoms with Crippen LogP contribution in [0.2, 0.25) is 5.02 Å². The highest BCUT2D eigenvalue weighted by Gasteiger charge is 2.14. The van der Waals surface area contributed by atoms with Crippen LogP contribution < -0.4 is 10.2 Å². The third kappa shape index (κ3) is 2.91. The maximum Gasteiger partial charge on any atom is 0.0430 e. The smallest absolute Gasteiger partial charge is 0.0430 e. The van der Waals surface area contributed by atoms with Crippen molar-refractivity contribution in [1.29, 1.82) is 0 Å². The SMILES string of the molecule is Clc1cccc(CN2CCNCc3ccccc32)c1. The molecule has 98 valence electrons. The van der Waals surface area contributed by atoms with Crippen LogP contribution in [0, 0.1) is 0 Å². The zero-order chi connectivity index (χ0) is 13.1. The van der Waals surface area contributed by atoms with Gasteiger partial charge in [0.15, 0.2) is 0 Å². The molecule has 0 radical (unpaired) electrons. The summed E-state index contributed by atoms with van der Waals surface area (Å²) in [7, 11) is 0. The van der Waals surface area contributed by atoms with Gasteiger partial charge in [-0.2, -0.15) is 0 Å². The molecule has 0 unspecified atom stereocenters. The molecule has 0 fully saturated rings. The third-order valence-electron chi connectivity index (χ3n) is 3.47. The van der Waals surface area contributed by atoms with Gasteiger partial charge in [0, 0.05) is 36.9 Å². The quantitative estimate of drug-likeness (QED) is 0.901. The van der Waals surface area contributed by atoms with Gasteiger partial charge in [0.2, 0.25) is 0 Å². The highest BCUT2D eigenvalue weighted by atomic mass is 35.5. The maximum absolute atomic E-state index is 6.06. The molecule has 1 N–H and O–H groups in total. The second kappa shape index (κ2) is 5.64. The number of halogens is 1. The Labute approximate surface area is 119 Å². The summed E-state index contributed by atoms with van der Waals surface area (Å²) in [6.07, 6.45) is 0. The van der Waals surface area contributed by atoms with Crippen LogP contribution in [-0.4, -0.2) is 13.1 Å². The number of hydrogen-bond donors (Lipinski definition) is 1. The van der Waals surface area contributed by atoms with Crippen LogP contribution in [-0.2, 0) is 13.1 Å². The average molecular weight is 273 g/mol. The fourth-order valence-corrected chi connectivity index (χ4v) is 2.76. The van der Waals surface area contributed by atoms with Gasteiger partial charge in [-0.25, -0.2) is 0 Å². The average Bonchev–Trinajstić information content (AvgIpc) is 2.62. The summed E-state index contributed by atoms with van der Waals surface area (Å²) in [5.41, 5.74) is 3.94. The van der Waals surface area contributed by atoms with E-state index < -0.39 is 0 Å². The Balaban J connectivity index is 1.88. The Morgan fingerprint density at radius 2 is 2.00 bits per heavy atom. The van der Waals surface area contributed by atoms with Crippen LogP contribution in [0.4, 0.5) is 5.69 Å². The van der Waals surface area contributed by atoms with Gasteiger partial charge in [0.05, 0.1) is 0 Å². The van der Waals surface area contributed by atoms with Crippen LogP contribution in [0.5, 0.6) is 0 Å². The van der Waals surface area contributed by atoms with Crippen molar-refractivity contribution >= 4 is 17.3 Å². The first-order valence-electron chi connectivity index (χ1n) is 6.61. The van der Waals surface area contributed by atoms with Crippen molar-refractivity contribution in [3.05, 3.63) is 64.7 Å². The second-order valence-electron chi connectivity index (χ2n) is 4.86. The summed E-state index contributed by atoms with van der Waals surface area (Å²) in [5.74, 6) is 0. The van der Waals surface area contributed by atoms with Gasteiger partial charge in [-0.1, -0.05) is 41.9 Å². The molecule has 0 bridgehead atoms. The molecule has 1 aliphatic rings. The van der Waals surface area contributed by atoms with E-state index in [9.17, 15) is 0 Å². The van der Waals surface area contributed by atoms with Crippen molar-refractivity contribution in [2.75, 3.05) is 18.0 Å². The van der Waals surface area contributed by atoms with Gasteiger partial charge in [0.25, 0.3) is 0 Å². The van der Waals surface area contributed by atoms with Gasteiger partial charge in [0.1, 0.15) is 0 Å². The largest absolute Gasteiger partial charge is 0.366 e. The zero-order valence-corrected chi connectivity index (χ0v) is 11.5. The number of rotatable bonds is 2. The summed E-state index contributed by atoms with van der Waals surface area (Å²) in [4.78, 5) is 2.42. The van der Waals surface area contributed by atoms with Gasteiger partial charge in [-0.05, 0) is 29.3 Å². The van der Waals surface area contributed by atoms with Crippen LogP contribution in [0.15, 0.2) is 48.5 Å². The van der Waals surface area contributed by atoms with E-state index in [0.29, 0.717) is 0 Å². The number of nitrogens with one attached hydrogen (secondary N) is 1. The molecule has 1 aliphatic heterocycles. The molecule has 3 rings (SSSR count). The van der Waals surface area contributed by atoms with E-state index in [-0.39, 0.29) is 0 Å². The minimum Gasteiger partial charge on any atom is -0.366 e. The molecule has 3 heteroatoms. The number of para-hydroxylation sites is 1. The molecule has 0 aromatic heterocycles. The van der Waals surface area contributed by atoms with E-state index >= 15 is 0 Å². The lowest BCUT2D eigenvalue weighted by atomic mass is 10.1.